The third-order valence-corrected chi connectivity index (χ3v) is 4.07. The van der Waals surface area contributed by atoms with Gasteiger partial charge in [0.2, 0.25) is 0 Å². The number of carbonyl (C=O) groups is 1. The van der Waals surface area contributed by atoms with E-state index in [9.17, 15) is 20.0 Å². The maximum absolute atomic E-state index is 12.6. The van der Waals surface area contributed by atoms with Gasteiger partial charge in [-0.3, -0.25) is 14.9 Å². The minimum absolute atomic E-state index is 0.0594. The first-order valence-corrected chi connectivity index (χ1v) is 7.22. The van der Waals surface area contributed by atoms with Gasteiger partial charge in [0.25, 0.3) is 11.6 Å². The minimum atomic E-state index is -0.619. The van der Waals surface area contributed by atoms with E-state index in [2.05, 4.69) is 0 Å². The molecule has 114 valence electrons. The van der Waals surface area contributed by atoms with E-state index in [0.29, 0.717) is 6.54 Å². The van der Waals surface area contributed by atoms with Gasteiger partial charge in [-0.25, -0.2) is 0 Å². The van der Waals surface area contributed by atoms with Crippen molar-refractivity contribution in [1.82, 2.24) is 4.90 Å². The average Bonchev–Trinajstić information content (AvgIpc) is 2.46. The van der Waals surface area contributed by atoms with Crippen LogP contribution >= 0.6 is 11.6 Å². The third-order valence-electron chi connectivity index (χ3n) is 3.76. The molecule has 1 aliphatic rings. The molecule has 7 heteroatoms. The van der Waals surface area contributed by atoms with E-state index in [0.717, 1.165) is 19.3 Å². The largest absolute Gasteiger partial charge is 0.391 e. The van der Waals surface area contributed by atoms with Crippen LogP contribution in [0.4, 0.5) is 5.69 Å². The Bertz CT molecular complexity index is 562. The molecule has 2 rings (SSSR count). The van der Waals surface area contributed by atoms with Crippen LogP contribution in [-0.4, -0.2) is 39.5 Å². The Morgan fingerprint density at radius 1 is 1.52 bits per heavy atom. The van der Waals surface area contributed by atoms with Crippen LogP contribution in [0.1, 0.15) is 36.5 Å². The number of hydrogen-bond acceptors (Lipinski definition) is 4. The second-order valence-corrected chi connectivity index (χ2v) is 5.63. The van der Waals surface area contributed by atoms with Crippen molar-refractivity contribution in [3.63, 3.8) is 0 Å². The van der Waals surface area contributed by atoms with Gasteiger partial charge in [0.1, 0.15) is 0 Å². The molecule has 0 aromatic heterocycles. The predicted octanol–water partition coefficient (Wildman–Crippen LogP) is 2.62. The molecular weight excluding hydrogens is 296 g/mol. The van der Waals surface area contributed by atoms with Crippen molar-refractivity contribution in [2.75, 3.05) is 6.54 Å². The molecule has 2 unspecified atom stereocenters. The van der Waals surface area contributed by atoms with Crippen LogP contribution in [-0.2, 0) is 0 Å². The van der Waals surface area contributed by atoms with Crippen molar-refractivity contribution >= 4 is 23.2 Å². The van der Waals surface area contributed by atoms with Gasteiger partial charge in [0.15, 0.2) is 0 Å². The van der Waals surface area contributed by atoms with Gasteiger partial charge >= 0.3 is 0 Å². The van der Waals surface area contributed by atoms with Crippen molar-refractivity contribution < 1.29 is 14.8 Å². The highest BCUT2D eigenvalue weighted by Gasteiger charge is 2.31. The number of aliphatic hydroxyl groups excluding tert-OH is 1. The number of halogens is 1. The van der Waals surface area contributed by atoms with Crippen molar-refractivity contribution in [3.8, 4) is 0 Å². The summed E-state index contributed by atoms with van der Waals surface area (Å²) in [6.45, 7) is 2.22. The number of aliphatic hydroxyl groups is 1. The molecule has 0 spiro atoms. The fourth-order valence-electron chi connectivity index (χ4n) is 2.66. The number of hydrogen-bond donors (Lipinski definition) is 1. The molecule has 0 radical (unpaired) electrons. The Balaban J connectivity index is 2.28. The van der Waals surface area contributed by atoms with Crippen LogP contribution in [0.5, 0.6) is 0 Å². The van der Waals surface area contributed by atoms with Crippen LogP contribution < -0.4 is 0 Å². The zero-order valence-electron chi connectivity index (χ0n) is 11.7. The molecule has 0 aliphatic carbocycles. The molecule has 0 saturated carbocycles. The molecule has 2 atom stereocenters. The van der Waals surface area contributed by atoms with Gasteiger partial charge in [-0.2, -0.15) is 0 Å². The highest BCUT2D eigenvalue weighted by atomic mass is 35.5. The zero-order valence-corrected chi connectivity index (χ0v) is 12.4. The fraction of sp³-hybridized carbons (Fsp3) is 0.500. The van der Waals surface area contributed by atoms with Crippen LogP contribution in [0.25, 0.3) is 0 Å². The number of rotatable bonds is 3. The smallest absolute Gasteiger partial charge is 0.270 e. The SMILES string of the molecule is CC(O)C1CCCCN1C(=O)c1ccc([N+](=O)[O-])cc1Cl. The summed E-state index contributed by atoms with van der Waals surface area (Å²) in [7, 11) is 0. The lowest BCUT2D eigenvalue weighted by Crippen LogP contribution is -2.49. The molecule has 1 amide bonds. The van der Waals surface area contributed by atoms with E-state index >= 15 is 0 Å². The van der Waals surface area contributed by atoms with Gasteiger partial charge in [0, 0.05) is 18.7 Å². The monoisotopic (exact) mass is 312 g/mol. The lowest BCUT2D eigenvalue weighted by Gasteiger charge is -2.37. The number of likely N-dealkylation sites (tertiary alicyclic amines) is 1. The highest BCUT2D eigenvalue weighted by molar-refractivity contribution is 6.34. The van der Waals surface area contributed by atoms with E-state index in [-0.39, 0.29) is 28.2 Å². The predicted molar refractivity (Wildman–Crippen MR) is 78.5 cm³/mol. The fourth-order valence-corrected chi connectivity index (χ4v) is 2.91. The maximum Gasteiger partial charge on any atom is 0.270 e. The van der Waals surface area contributed by atoms with Crippen LogP contribution in [0, 0.1) is 10.1 Å². The van der Waals surface area contributed by atoms with Gasteiger partial charge in [-0.1, -0.05) is 11.6 Å². The Labute approximate surface area is 127 Å². The molecule has 1 N–H and O–H groups in total. The molecule has 21 heavy (non-hydrogen) atoms. The molecule has 1 aliphatic heterocycles. The molecule has 1 aromatic carbocycles. The summed E-state index contributed by atoms with van der Waals surface area (Å²) in [5.74, 6) is -0.291. The third kappa shape index (κ3) is 3.33. The van der Waals surface area contributed by atoms with Gasteiger partial charge < -0.3 is 10.0 Å². The number of nitrogens with zero attached hydrogens (tertiary/aromatic N) is 2. The zero-order chi connectivity index (χ0) is 15.6. The van der Waals surface area contributed by atoms with Crippen LogP contribution in [0.3, 0.4) is 0 Å². The van der Waals surface area contributed by atoms with Gasteiger partial charge in [0.05, 0.1) is 27.7 Å². The van der Waals surface area contributed by atoms with Crippen molar-refractivity contribution in [1.29, 1.82) is 0 Å². The summed E-state index contributed by atoms with van der Waals surface area (Å²) in [5, 5.41) is 20.6. The Morgan fingerprint density at radius 2 is 2.24 bits per heavy atom. The van der Waals surface area contributed by atoms with Crippen LogP contribution in [0.2, 0.25) is 5.02 Å². The number of piperidine rings is 1. The topological polar surface area (TPSA) is 83.7 Å². The number of benzene rings is 1. The first-order chi connectivity index (χ1) is 9.91. The normalized spacial score (nSPS) is 20.1. The number of nitro benzene ring substituents is 1. The van der Waals surface area contributed by atoms with Crippen molar-refractivity contribution in [2.45, 2.75) is 38.3 Å². The minimum Gasteiger partial charge on any atom is -0.391 e. The lowest BCUT2D eigenvalue weighted by atomic mass is 9.97. The Kier molecular flexibility index (Phi) is 4.80. The molecule has 1 heterocycles. The van der Waals surface area contributed by atoms with Crippen molar-refractivity contribution in [2.24, 2.45) is 0 Å². The molecule has 6 nitrogen and oxygen atoms in total. The quantitative estimate of drug-likeness (QED) is 0.687. The number of amides is 1. The van der Waals surface area contributed by atoms with E-state index in [1.165, 1.54) is 18.2 Å². The Morgan fingerprint density at radius 3 is 2.81 bits per heavy atom. The lowest BCUT2D eigenvalue weighted by molar-refractivity contribution is -0.384. The summed E-state index contributed by atoms with van der Waals surface area (Å²) in [6.07, 6.45) is 1.96. The molecule has 0 bridgehead atoms. The molecule has 1 saturated heterocycles. The number of nitro groups is 1. The first kappa shape index (κ1) is 15.7. The molecule has 1 fully saturated rings. The maximum atomic E-state index is 12.6. The second kappa shape index (κ2) is 6.41. The number of non-ortho nitro benzene ring substituents is 1. The summed E-state index contributed by atoms with van der Waals surface area (Å²) in [4.78, 5) is 24.3. The summed E-state index contributed by atoms with van der Waals surface area (Å²) < 4.78 is 0. The number of carbonyl (C=O) groups excluding carboxylic acids is 1. The van der Waals surface area contributed by atoms with Crippen LogP contribution in [0.15, 0.2) is 18.2 Å². The van der Waals surface area contributed by atoms with E-state index in [1.54, 1.807) is 11.8 Å². The highest BCUT2D eigenvalue weighted by Crippen LogP contribution is 2.27. The summed E-state index contributed by atoms with van der Waals surface area (Å²) >= 11 is 6.00. The van der Waals surface area contributed by atoms with E-state index < -0.39 is 11.0 Å². The summed E-state index contributed by atoms with van der Waals surface area (Å²) in [6, 6.07) is 3.57. The standard InChI is InChI=1S/C14H17ClN2O4/c1-9(18)13-4-2-3-7-16(13)14(19)11-6-5-10(17(20)21)8-12(11)15/h5-6,8-9,13,18H,2-4,7H2,1H3. The average molecular weight is 313 g/mol. The van der Waals surface area contributed by atoms with E-state index in [4.69, 9.17) is 11.6 Å². The van der Waals surface area contributed by atoms with Crippen molar-refractivity contribution in [3.05, 3.63) is 38.9 Å². The van der Waals surface area contributed by atoms with Gasteiger partial charge in [-0.05, 0) is 32.3 Å². The first-order valence-electron chi connectivity index (χ1n) is 6.85. The second-order valence-electron chi connectivity index (χ2n) is 5.22. The van der Waals surface area contributed by atoms with E-state index in [1.807, 2.05) is 0 Å². The molecular formula is C14H17ClN2O4. The summed E-state index contributed by atoms with van der Waals surface area (Å²) in [5.41, 5.74) is 0.0806. The Hall–Kier alpha value is -1.66. The molecule has 1 aromatic rings. The van der Waals surface area contributed by atoms with Gasteiger partial charge in [-0.15, -0.1) is 0 Å².